The van der Waals surface area contributed by atoms with Crippen LogP contribution in [0.25, 0.3) is 0 Å². The molecule has 1 aromatic rings. The van der Waals surface area contributed by atoms with Gasteiger partial charge in [0.05, 0.1) is 24.4 Å². The van der Waals surface area contributed by atoms with E-state index < -0.39 is 0 Å². The van der Waals surface area contributed by atoms with Crippen molar-refractivity contribution in [2.75, 3.05) is 25.0 Å². The fraction of sp³-hybridized carbons (Fsp3) is 0.538. The number of hydrogen-bond acceptors (Lipinski definition) is 4. The van der Waals surface area contributed by atoms with Gasteiger partial charge in [-0.25, -0.2) is 4.98 Å². The van der Waals surface area contributed by atoms with Crippen molar-refractivity contribution < 1.29 is 9.53 Å². The summed E-state index contributed by atoms with van der Waals surface area (Å²) >= 11 is 0. The number of piperidine rings is 1. The van der Waals surface area contributed by atoms with E-state index in [9.17, 15) is 4.79 Å². The van der Waals surface area contributed by atoms with Crippen molar-refractivity contribution >= 4 is 11.6 Å². The molecule has 1 atom stereocenters. The highest BCUT2D eigenvalue weighted by Crippen LogP contribution is 2.15. The number of carbonyl (C=O) groups is 1. The Morgan fingerprint density at radius 2 is 2.50 bits per heavy atom. The van der Waals surface area contributed by atoms with Crippen LogP contribution < -0.4 is 15.4 Å². The molecule has 1 fully saturated rings. The molecule has 18 heavy (non-hydrogen) atoms. The molecule has 0 aliphatic carbocycles. The van der Waals surface area contributed by atoms with Gasteiger partial charge in [0.1, 0.15) is 0 Å². The third kappa shape index (κ3) is 3.43. The Balaban J connectivity index is 1.89. The number of carbonyl (C=O) groups excluding carboxylic acids is 1. The topological polar surface area (TPSA) is 63.2 Å². The summed E-state index contributed by atoms with van der Waals surface area (Å²) in [7, 11) is 0. The second-order valence-electron chi connectivity index (χ2n) is 4.35. The largest absolute Gasteiger partial charge is 0.478 e. The first-order valence-electron chi connectivity index (χ1n) is 6.40. The monoisotopic (exact) mass is 249 g/mol. The lowest BCUT2D eigenvalue weighted by molar-refractivity contribution is -0.120. The third-order valence-electron chi connectivity index (χ3n) is 2.96. The van der Waals surface area contributed by atoms with Crippen molar-refractivity contribution in [3.05, 3.63) is 18.3 Å². The average Bonchev–Trinajstić information content (AvgIpc) is 2.42. The van der Waals surface area contributed by atoms with Crippen molar-refractivity contribution in [1.29, 1.82) is 0 Å². The zero-order chi connectivity index (χ0) is 12.8. The van der Waals surface area contributed by atoms with Gasteiger partial charge in [-0.15, -0.1) is 0 Å². The smallest absolute Gasteiger partial charge is 0.228 e. The van der Waals surface area contributed by atoms with Crippen LogP contribution in [0.15, 0.2) is 18.3 Å². The van der Waals surface area contributed by atoms with Gasteiger partial charge in [0, 0.05) is 12.6 Å². The molecule has 0 spiro atoms. The Labute approximate surface area is 107 Å². The standard InChI is InChI=1S/C13H19N3O2/c1-2-18-12-6-5-11(9-15-12)16-13(17)10-4-3-7-14-8-10/h5-6,9-10,14H,2-4,7-8H2,1H3,(H,16,17)/t10-/m0/s1. The minimum Gasteiger partial charge on any atom is -0.478 e. The maximum atomic E-state index is 12.0. The molecule has 0 aromatic carbocycles. The molecule has 5 heteroatoms. The number of aromatic nitrogens is 1. The zero-order valence-corrected chi connectivity index (χ0v) is 10.6. The average molecular weight is 249 g/mol. The second-order valence-corrected chi connectivity index (χ2v) is 4.35. The van der Waals surface area contributed by atoms with Crippen molar-refractivity contribution in [2.45, 2.75) is 19.8 Å². The number of nitrogens with zero attached hydrogens (tertiary/aromatic N) is 1. The number of anilines is 1. The Morgan fingerprint density at radius 3 is 3.11 bits per heavy atom. The maximum Gasteiger partial charge on any atom is 0.228 e. The fourth-order valence-electron chi connectivity index (χ4n) is 2.01. The van der Waals surface area contributed by atoms with Crippen LogP contribution in [0.2, 0.25) is 0 Å². The number of pyridine rings is 1. The summed E-state index contributed by atoms with van der Waals surface area (Å²) in [6.45, 7) is 4.27. The summed E-state index contributed by atoms with van der Waals surface area (Å²) in [5.41, 5.74) is 0.717. The van der Waals surface area contributed by atoms with E-state index >= 15 is 0 Å². The highest BCUT2D eigenvalue weighted by Gasteiger charge is 2.20. The lowest BCUT2D eigenvalue weighted by atomic mass is 9.99. The molecule has 1 aromatic heterocycles. The van der Waals surface area contributed by atoms with E-state index in [1.165, 1.54) is 0 Å². The Hall–Kier alpha value is -1.62. The number of nitrogens with one attached hydrogen (secondary N) is 2. The predicted octanol–water partition coefficient (Wildman–Crippen LogP) is 1.42. The van der Waals surface area contributed by atoms with E-state index in [-0.39, 0.29) is 11.8 Å². The van der Waals surface area contributed by atoms with Gasteiger partial charge in [0.15, 0.2) is 0 Å². The molecule has 2 rings (SSSR count). The summed E-state index contributed by atoms with van der Waals surface area (Å²) in [6.07, 6.45) is 3.63. The molecule has 1 aliphatic rings. The minimum absolute atomic E-state index is 0.0605. The number of rotatable bonds is 4. The summed E-state index contributed by atoms with van der Waals surface area (Å²) in [6, 6.07) is 3.57. The van der Waals surface area contributed by atoms with Gasteiger partial charge >= 0.3 is 0 Å². The van der Waals surface area contributed by atoms with Gasteiger partial charge in [0.25, 0.3) is 0 Å². The van der Waals surface area contributed by atoms with Crippen LogP contribution in [-0.4, -0.2) is 30.6 Å². The van der Waals surface area contributed by atoms with Crippen molar-refractivity contribution in [2.24, 2.45) is 5.92 Å². The first-order valence-corrected chi connectivity index (χ1v) is 6.40. The molecular weight excluding hydrogens is 230 g/mol. The highest BCUT2D eigenvalue weighted by atomic mass is 16.5. The lowest BCUT2D eigenvalue weighted by Crippen LogP contribution is -2.37. The molecule has 2 N–H and O–H groups in total. The van der Waals surface area contributed by atoms with Crippen molar-refractivity contribution in [1.82, 2.24) is 10.3 Å². The molecule has 1 saturated heterocycles. The minimum atomic E-state index is 0.0605. The van der Waals surface area contributed by atoms with Crippen molar-refractivity contribution in [3.63, 3.8) is 0 Å². The molecule has 0 radical (unpaired) electrons. The highest BCUT2D eigenvalue weighted by molar-refractivity contribution is 5.92. The van der Waals surface area contributed by atoms with Crippen LogP contribution in [-0.2, 0) is 4.79 Å². The molecule has 5 nitrogen and oxygen atoms in total. The summed E-state index contributed by atoms with van der Waals surface area (Å²) in [4.78, 5) is 16.1. The van der Waals surface area contributed by atoms with Gasteiger partial charge < -0.3 is 15.4 Å². The molecule has 2 heterocycles. The molecule has 1 amide bonds. The Bertz CT molecular complexity index is 386. The number of amides is 1. The van der Waals surface area contributed by atoms with Crippen LogP contribution >= 0.6 is 0 Å². The molecule has 0 saturated carbocycles. The van der Waals surface area contributed by atoms with Crippen LogP contribution in [0.5, 0.6) is 5.88 Å². The normalized spacial score (nSPS) is 19.3. The van der Waals surface area contributed by atoms with Gasteiger partial charge in [-0.3, -0.25) is 4.79 Å². The van der Waals surface area contributed by atoms with Crippen LogP contribution in [0.3, 0.4) is 0 Å². The van der Waals surface area contributed by atoms with E-state index in [0.717, 1.165) is 25.9 Å². The predicted molar refractivity (Wildman–Crippen MR) is 69.6 cm³/mol. The van der Waals surface area contributed by atoms with Gasteiger partial charge in [-0.1, -0.05) is 0 Å². The van der Waals surface area contributed by atoms with Gasteiger partial charge in [-0.05, 0) is 32.4 Å². The molecule has 1 aliphatic heterocycles. The van der Waals surface area contributed by atoms with Crippen LogP contribution in [0, 0.1) is 5.92 Å². The number of ether oxygens (including phenoxy) is 1. The summed E-state index contributed by atoms with van der Waals surface area (Å²) in [5.74, 6) is 0.702. The first-order chi connectivity index (χ1) is 8.79. The molecule has 0 bridgehead atoms. The Morgan fingerprint density at radius 1 is 1.61 bits per heavy atom. The van der Waals surface area contributed by atoms with Crippen LogP contribution in [0.1, 0.15) is 19.8 Å². The van der Waals surface area contributed by atoms with E-state index in [2.05, 4.69) is 15.6 Å². The zero-order valence-electron chi connectivity index (χ0n) is 10.6. The van der Waals surface area contributed by atoms with E-state index in [0.29, 0.717) is 18.2 Å². The third-order valence-corrected chi connectivity index (χ3v) is 2.96. The van der Waals surface area contributed by atoms with E-state index in [1.807, 2.05) is 13.0 Å². The quantitative estimate of drug-likeness (QED) is 0.847. The molecule has 98 valence electrons. The van der Waals surface area contributed by atoms with Gasteiger partial charge in [-0.2, -0.15) is 0 Å². The van der Waals surface area contributed by atoms with Gasteiger partial charge in [0.2, 0.25) is 11.8 Å². The fourth-order valence-corrected chi connectivity index (χ4v) is 2.01. The molecule has 0 unspecified atom stereocenters. The second kappa shape index (κ2) is 6.35. The SMILES string of the molecule is CCOc1ccc(NC(=O)[C@H]2CCCNC2)cn1. The van der Waals surface area contributed by atoms with E-state index in [4.69, 9.17) is 4.74 Å². The first kappa shape index (κ1) is 12.8. The summed E-state index contributed by atoms with van der Waals surface area (Å²) < 4.78 is 5.25. The molecular formula is C13H19N3O2. The van der Waals surface area contributed by atoms with E-state index in [1.54, 1.807) is 12.3 Å². The number of hydrogen-bond donors (Lipinski definition) is 2. The summed E-state index contributed by atoms with van der Waals surface area (Å²) in [5, 5.41) is 6.11. The van der Waals surface area contributed by atoms with Crippen LogP contribution in [0.4, 0.5) is 5.69 Å². The Kier molecular flexibility index (Phi) is 4.52. The van der Waals surface area contributed by atoms with Crippen molar-refractivity contribution in [3.8, 4) is 5.88 Å². The maximum absolute atomic E-state index is 12.0. The lowest BCUT2D eigenvalue weighted by Gasteiger charge is -2.21.